The molecule has 1 aliphatic heterocycles. The Morgan fingerprint density at radius 3 is 2.96 bits per heavy atom. The van der Waals surface area contributed by atoms with Crippen molar-refractivity contribution in [1.82, 2.24) is 14.7 Å². The van der Waals surface area contributed by atoms with Gasteiger partial charge in [0.2, 0.25) is 11.0 Å². The van der Waals surface area contributed by atoms with Crippen LogP contribution >= 0.6 is 11.5 Å². The number of benzene rings is 1. The molecule has 2 aromatic heterocycles. The van der Waals surface area contributed by atoms with Crippen LogP contribution in [0, 0.1) is 0 Å². The Morgan fingerprint density at radius 2 is 2.15 bits per heavy atom. The van der Waals surface area contributed by atoms with Crippen molar-refractivity contribution in [2.45, 2.75) is 31.8 Å². The molecule has 0 bridgehead atoms. The SMILES string of the molecule is O=C(NCc1ccco1)[C@@H]1CCCN1c1nc(Cc2ccccc2)ns1. The van der Waals surface area contributed by atoms with E-state index < -0.39 is 0 Å². The average Bonchev–Trinajstić information content (AvgIpc) is 3.41. The van der Waals surface area contributed by atoms with Gasteiger partial charge in [0.25, 0.3) is 0 Å². The van der Waals surface area contributed by atoms with Gasteiger partial charge in [0.1, 0.15) is 17.6 Å². The fourth-order valence-electron chi connectivity index (χ4n) is 3.19. The van der Waals surface area contributed by atoms with Crippen molar-refractivity contribution in [3.8, 4) is 0 Å². The summed E-state index contributed by atoms with van der Waals surface area (Å²) in [6.07, 6.45) is 4.13. The second kappa shape index (κ2) is 7.70. The van der Waals surface area contributed by atoms with E-state index in [1.807, 2.05) is 30.3 Å². The molecule has 6 nitrogen and oxygen atoms in total. The number of furan rings is 1. The smallest absolute Gasteiger partial charge is 0.243 e. The zero-order valence-corrected chi connectivity index (χ0v) is 15.1. The fraction of sp³-hybridized carbons (Fsp3) is 0.316. The molecule has 3 aromatic rings. The molecular weight excluding hydrogens is 348 g/mol. The van der Waals surface area contributed by atoms with Crippen molar-refractivity contribution in [2.24, 2.45) is 0 Å². The van der Waals surface area contributed by atoms with E-state index in [0.717, 1.165) is 36.1 Å². The number of nitrogens with zero attached hydrogens (tertiary/aromatic N) is 3. The van der Waals surface area contributed by atoms with Gasteiger partial charge in [-0.2, -0.15) is 4.37 Å². The Morgan fingerprint density at radius 1 is 1.27 bits per heavy atom. The third kappa shape index (κ3) is 3.77. The summed E-state index contributed by atoms with van der Waals surface area (Å²) in [7, 11) is 0. The Balaban J connectivity index is 1.40. The number of rotatable bonds is 6. The van der Waals surface area contributed by atoms with Crippen molar-refractivity contribution < 1.29 is 9.21 Å². The Hall–Kier alpha value is -2.67. The van der Waals surface area contributed by atoms with E-state index in [4.69, 9.17) is 4.42 Å². The molecule has 0 radical (unpaired) electrons. The fourth-order valence-corrected chi connectivity index (χ4v) is 3.95. The Bertz CT molecular complexity index is 848. The van der Waals surface area contributed by atoms with Gasteiger partial charge < -0.3 is 14.6 Å². The van der Waals surface area contributed by atoms with Crippen molar-refractivity contribution in [1.29, 1.82) is 0 Å². The number of anilines is 1. The topological polar surface area (TPSA) is 71.3 Å². The van der Waals surface area contributed by atoms with Gasteiger partial charge in [-0.3, -0.25) is 4.79 Å². The van der Waals surface area contributed by atoms with E-state index in [-0.39, 0.29) is 11.9 Å². The van der Waals surface area contributed by atoms with Gasteiger partial charge in [-0.25, -0.2) is 4.98 Å². The summed E-state index contributed by atoms with van der Waals surface area (Å²) in [5.74, 6) is 1.57. The number of hydrogen-bond acceptors (Lipinski definition) is 6. The molecule has 4 rings (SSSR count). The highest BCUT2D eigenvalue weighted by Gasteiger charge is 2.32. The zero-order valence-electron chi connectivity index (χ0n) is 14.3. The number of nitrogens with one attached hydrogen (secondary N) is 1. The molecule has 7 heteroatoms. The van der Waals surface area contributed by atoms with Gasteiger partial charge in [-0.1, -0.05) is 30.3 Å². The summed E-state index contributed by atoms with van der Waals surface area (Å²) >= 11 is 1.37. The minimum absolute atomic E-state index is 0.0127. The van der Waals surface area contributed by atoms with Crippen LogP contribution in [0.15, 0.2) is 53.1 Å². The van der Waals surface area contributed by atoms with Crippen LogP contribution in [-0.4, -0.2) is 27.9 Å². The van der Waals surface area contributed by atoms with Crippen LogP contribution in [0.5, 0.6) is 0 Å². The van der Waals surface area contributed by atoms with E-state index in [1.165, 1.54) is 17.1 Å². The first-order valence-electron chi connectivity index (χ1n) is 8.73. The lowest BCUT2D eigenvalue weighted by Crippen LogP contribution is -2.43. The number of aromatic nitrogens is 2. The molecule has 1 aromatic carbocycles. The molecule has 1 N–H and O–H groups in total. The van der Waals surface area contributed by atoms with Crippen LogP contribution in [0.3, 0.4) is 0 Å². The van der Waals surface area contributed by atoms with Crippen LogP contribution in [-0.2, 0) is 17.8 Å². The third-order valence-corrected chi connectivity index (χ3v) is 5.27. The molecule has 1 amide bonds. The molecule has 3 heterocycles. The van der Waals surface area contributed by atoms with Gasteiger partial charge in [-0.15, -0.1) is 0 Å². The number of amides is 1. The van der Waals surface area contributed by atoms with E-state index in [1.54, 1.807) is 6.26 Å². The quantitative estimate of drug-likeness (QED) is 0.724. The maximum atomic E-state index is 12.6. The summed E-state index contributed by atoms with van der Waals surface area (Å²) in [6.45, 7) is 1.24. The average molecular weight is 368 g/mol. The molecular formula is C19H20N4O2S. The van der Waals surface area contributed by atoms with E-state index in [0.29, 0.717) is 13.0 Å². The zero-order chi connectivity index (χ0) is 17.8. The molecule has 0 unspecified atom stereocenters. The normalized spacial score (nSPS) is 16.8. The second-order valence-electron chi connectivity index (χ2n) is 6.30. The largest absolute Gasteiger partial charge is 0.467 e. The van der Waals surface area contributed by atoms with E-state index in [9.17, 15) is 4.79 Å². The highest BCUT2D eigenvalue weighted by Crippen LogP contribution is 2.27. The number of carbonyl (C=O) groups is 1. The molecule has 1 atom stereocenters. The molecule has 1 fully saturated rings. The van der Waals surface area contributed by atoms with E-state index in [2.05, 4.69) is 31.7 Å². The molecule has 1 saturated heterocycles. The van der Waals surface area contributed by atoms with Crippen LogP contribution in [0.4, 0.5) is 5.13 Å². The summed E-state index contributed by atoms with van der Waals surface area (Å²) in [5, 5.41) is 3.78. The first-order valence-corrected chi connectivity index (χ1v) is 9.50. The highest BCUT2D eigenvalue weighted by molar-refractivity contribution is 7.09. The lowest BCUT2D eigenvalue weighted by molar-refractivity contribution is -0.122. The van der Waals surface area contributed by atoms with Crippen molar-refractivity contribution >= 4 is 22.6 Å². The Kier molecular flexibility index (Phi) is 4.97. The molecule has 1 aliphatic rings. The van der Waals surface area contributed by atoms with Crippen LogP contribution in [0.1, 0.15) is 30.0 Å². The minimum atomic E-state index is -0.192. The highest BCUT2D eigenvalue weighted by atomic mass is 32.1. The predicted octanol–water partition coefficient (Wildman–Crippen LogP) is 3.01. The summed E-state index contributed by atoms with van der Waals surface area (Å²) < 4.78 is 9.75. The molecule has 0 aliphatic carbocycles. The first-order chi connectivity index (χ1) is 12.8. The van der Waals surface area contributed by atoms with E-state index >= 15 is 0 Å². The van der Waals surface area contributed by atoms with Gasteiger partial charge in [0.05, 0.1) is 12.8 Å². The van der Waals surface area contributed by atoms with Crippen LogP contribution in [0.25, 0.3) is 0 Å². The molecule has 26 heavy (non-hydrogen) atoms. The summed E-state index contributed by atoms with van der Waals surface area (Å²) in [6, 6.07) is 13.7. The maximum absolute atomic E-state index is 12.6. The van der Waals surface area contributed by atoms with Gasteiger partial charge in [0, 0.05) is 24.5 Å². The summed E-state index contributed by atoms with van der Waals surface area (Å²) in [5.41, 5.74) is 1.19. The Labute approximate surface area is 156 Å². The van der Waals surface area contributed by atoms with Crippen molar-refractivity contribution in [3.63, 3.8) is 0 Å². The van der Waals surface area contributed by atoms with Gasteiger partial charge >= 0.3 is 0 Å². The lowest BCUT2D eigenvalue weighted by atomic mass is 10.1. The standard InChI is InChI=1S/C19H20N4O2S/c24-18(20-13-15-8-5-11-25-15)16-9-4-10-23(16)19-21-17(22-26-19)12-14-6-2-1-3-7-14/h1-3,5-8,11,16H,4,9-10,12-13H2,(H,20,24)/t16-/m0/s1. The summed E-state index contributed by atoms with van der Waals surface area (Å²) in [4.78, 5) is 19.3. The molecule has 0 saturated carbocycles. The molecule has 134 valence electrons. The maximum Gasteiger partial charge on any atom is 0.243 e. The van der Waals surface area contributed by atoms with Gasteiger partial charge in [-0.05, 0) is 30.5 Å². The van der Waals surface area contributed by atoms with Crippen LogP contribution in [0.2, 0.25) is 0 Å². The number of carbonyl (C=O) groups excluding carboxylic acids is 1. The lowest BCUT2D eigenvalue weighted by Gasteiger charge is -2.22. The first kappa shape index (κ1) is 16.8. The third-order valence-electron chi connectivity index (χ3n) is 4.48. The van der Waals surface area contributed by atoms with Crippen LogP contribution < -0.4 is 10.2 Å². The predicted molar refractivity (Wildman–Crippen MR) is 100 cm³/mol. The monoisotopic (exact) mass is 368 g/mol. The number of hydrogen-bond donors (Lipinski definition) is 1. The molecule has 0 spiro atoms. The minimum Gasteiger partial charge on any atom is -0.467 e. The van der Waals surface area contributed by atoms with Crippen molar-refractivity contribution in [2.75, 3.05) is 11.4 Å². The van der Waals surface area contributed by atoms with Gasteiger partial charge in [0.15, 0.2) is 0 Å². The second-order valence-corrected chi connectivity index (χ2v) is 7.03. The van der Waals surface area contributed by atoms with Crippen molar-refractivity contribution in [3.05, 3.63) is 65.9 Å².